The molecule has 0 spiro atoms. The molecule has 120 heavy (non-hydrogen) atoms. The highest BCUT2D eigenvalue weighted by Gasteiger charge is 2.21. The van der Waals surface area contributed by atoms with E-state index < -0.39 is 0 Å². The van der Waals surface area contributed by atoms with Gasteiger partial charge in [-0.1, -0.05) is 279 Å². The van der Waals surface area contributed by atoms with Crippen LogP contribution in [0.1, 0.15) is 0 Å². The molecule has 0 bridgehead atoms. The lowest BCUT2D eigenvalue weighted by atomic mass is 9.98. The molecule has 6 aromatic heterocycles. The van der Waals surface area contributed by atoms with Gasteiger partial charge >= 0.3 is 0 Å². The Bertz CT molecular complexity index is 8640. The van der Waals surface area contributed by atoms with E-state index in [1.165, 1.54) is 159 Å². The van der Waals surface area contributed by atoms with Gasteiger partial charge in [-0.15, -0.1) is 0 Å². The maximum atomic E-state index is 6.09. The van der Waals surface area contributed by atoms with Crippen molar-refractivity contribution in [2.75, 3.05) is 0 Å². The Hall–Kier alpha value is -16.0. The van der Waals surface area contributed by atoms with Gasteiger partial charge in [0.05, 0.1) is 33.1 Å². The zero-order valence-electron chi connectivity index (χ0n) is 65.1. The largest absolute Gasteiger partial charge is 0.456 e. The summed E-state index contributed by atoms with van der Waals surface area (Å²) < 4.78 is 25.4. The van der Waals surface area contributed by atoms with Gasteiger partial charge < -0.3 is 27.0 Å². The second-order valence-electron chi connectivity index (χ2n) is 31.4. The number of hydrogen-bond donors (Lipinski definition) is 0. The van der Waals surface area contributed by atoms with E-state index in [1.807, 2.05) is 36.4 Å². The highest BCUT2D eigenvalue weighted by Crippen LogP contribution is 2.44. The molecular formula is C114H71N3O3. The molecule has 0 atom stereocenters. The number of furan rings is 3. The first-order valence-electron chi connectivity index (χ1n) is 41.0. The van der Waals surface area contributed by atoms with E-state index in [0.717, 1.165) is 77.2 Å². The molecule has 0 saturated heterocycles. The fourth-order valence-corrected chi connectivity index (χ4v) is 18.8. The molecule has 0 unspecified atom stereocenters. The molecule has 0 fully saturated rings. The minimum atomic E-state index is 0.920. The normalized spacial score (nSPS) is 11.8. The Labute approximate surface area is 689 Å². The summed E-state index contributed by atoms with van der Waals surface area (Å²) in [5.74, 6) is 0. The number of nitrogens with zero attached hydrogens (tertiary/aromatic N) is 3. The SMILES string of the molecule is c1cc(-c2ccc3ccccc3c2)cc(-n2c3ccccc3c3cc(-c4ccc5oc6ccccc6c5c4)ccc32)c1.c1cc(-c2cccc3ccccc23)cc(-n2c3ccccc3c3cc(-c4ccc5oc6ccccc6c5c4)ccc32)c1.c1ccc2cc(-n3c4ccccc4c4cc(-c5ccc6oc7ccccc7c6c5)ccc43)ccc2c1. The van der Waals surface area contributed by atoms with Crippen molar-refractivity contribution in [3.8, 4) is 72.7 Å². The van der Waals surface area contributed by atoms with Crippen LogP contribution in [0.2, 0.25) is 0 Å². The molecular weight excluding hydrogens is 1460 g/mol. The van der Waals surface area contributed by atoms with Crippen molar-refractivity contribution in [2.24, 2.45) is 0 Å². The van der Waals surface area contributed by atoms with Gasteiger partial charge in [-0.05, 0) is 240 Å². The van der Waals surface area contributed by atoms with Crippen LogP contribution in [0.15, 0.2) is 444 Å². The van der Waals surface area contributed by atoms with Crippen molar-refractivity contribution in [1.82, 2.24) is 13.7 Å². The topological polar surface area (TPSA) is 54.2 Å². The minimum absolute atomic E-state index is 0.920. The molecule has 560 valence electrons. The summed E-state index contributed by atoms with van der Waals surface area (Å²) in [6.45, 7) is 0. The van der Waals surface area contributed by atoms with Crippen LogP contribution in [0.3, 0.4) is 0 Å². The third-order valence-electron chi connectivity index (χ3n) is 24.5. The molecule has 0 N–H and O–H groups in total. The molecule has 20 aromatic carbocycles. The maximum absolute atomic E-state index is 6.09. The third-order valence-corrected chi connectivity index (χ3v) is 24.5. The summed E-state index contributed by atoms with van der Waals surface area (Å²) in [5, 5.41) is 22.0. The number of para-hydroxylation sites is 6. The lowest BCUT2D eigenvalue weighted by molar-refractivity contribution is 0.668. The summed E-state index contributed by atoms with van der Waals surface area (Å²) in [6, 6.07) is 154. The van der Waals surface area contributed by atoms with E-state index >= 15 is 0 Å². The Morgan fingerprint density at radius 3 is 0.875 bits per heavy atom. The van der Waals surface area contributed by atoms with E-state index in [4.69, 9.17) is 13.3 Å². The van der Waals surface area contributed by atoms with E-state index in [1.54, 1.807) is 0 Å². The second kappa shape index (κ2) is 27.9. The van der Waals surface area contributed by atoms with Gasteiger partial charge in [-0.2, -0.15) is 0 Å². The Morgan fingerprint density at radius 2 is 0.417 bits per heavy atom. The smallest absolute Gasteiger partial charge is 0.135 e. The van der Waals surface area contributed by atoms with Crippen molar-refractivity contribution < 1.29 is 13.3 Å². The van der Waals surface area contributed by atoms with Gasteiger partial charge in [0.25, 0.3) is 0 Å². The van der Waals surface area contributed by atoms with Crippen LogP contribution in [0.4, 0.5) is 0 Å². The third kappa shape index (κ3) is 11.5. The molecule has 0 aliphatic carbocycles. The Balaban J connectivity index is 0.000000103. The Morgan fingerprint density at radius 1 is 0.133 bits per heavy atom. The molecule has 6 heteroatoms. The van der Waals surface area contributed by atoms with Gasteiger partial charge in [0.15, 0.2) is 0 Å². The van der Waals surface area contributed by atoms with Crippen LogP contribution in [0.5, 0.6) is 0 Å². The zero-order chi connectivity index (χ0) is 78.9. The van der Waals surface area contributed by atoms with Crippen molar-refractivity contribution in [2.45, 2.75) is 0 Å². The van der Waals surface area contributed by atoms with Gasteiger partial charge in [0, 0.05) is 81.7 Å². The van der Waals surface area contributed by atoms with Gasteiger partial charge in [-0.3, -0.25) is 0 Å². The summed E-state index contributed by atoms with van der Waals surface area (Å²) in [4.78, 5) is 0. The molecule has 0 aliphatic heterocycles. The highest BCUT2D eigenvalue weighted by atomic mass is 16.3. The van der Waals surface area contributed by atoms with Crippen molar-refractivity contribution in [1.29, 1.82) is 0 Å². The summed E-state index contributed by atoms with van der Waals surface area (Å²) in [7, 11) is 0. The van der Waals surface area contributed by atoms with Crippen molar-refractivity contribution >= 4 is 164 Å². The monoisotopic (exact) mass is 1530 g/mol. The number of hydrogen-bond acceptors (Lipinski definition) is 3. The highest BCUT2D eigenvalue weighted by molar-refractivity contribution is 6.16. The standard InChI is InChI=1S/2C40H25NO.C34H21NO/c1-2-13-31-26(9-1)10-8-16-32(31)29-11-7-12-30(23-29)41-37-17-5-3-14-33(37)35-24-27(19-21-38(35)41)28-20-22-40-36(25-28)34-15-4-6-18-39(34)42-40;1-2-9-27-22-29(17-16-26(27)8-1)28-10-7-11-32(23-28)41-37-14-5-3-12-33(37)35-24-30(18-20-38(35)41)31-19-21-40-36(25-31)34-13-4-6-15-39(34)42-40;1-2-8-23-19-26(16-13-22(23)7-1)35-31-11-5-3-9-27(31)29-20-24(14-17-32(29)35)25-15-18-34-30(21-25)28-10-4-6-12-33(28)36-34/h2*1-25H;1-21H. The molecule has 0 radical (unpaired) electrons. The van der Waals surface area contributed by atoms with Crippen LogP contribution >= 0.6 is 0 Å². The zero-order valence-corrected chi connectivity index (χ0v) is 65.1. The first kappa shape index (κ1) is 68.4. The van der Waals surface area contributed by atoms with Crippen molar-refractivity contribution in [3.63, 3.8) is 0 Å². The molecule has 26 aromatic rings. The van der Waals surface area contributed by atoms with E-state index in [2.05, 4.69) is 408 Å². The van der Waals surface area contributed by atoms with Gasteiger partial charge in [-0.25, -0.2) is 0 Å². The van der Waals surface area contributed by atoms with E-state index in [-0.39, 0.29) is 0 Å². The van der Waals surface area contributed by atoms with Crippen molar-refractivity contribution in [3.05, 3.63) is 431 Å². The first-order valence-corrected chi connectivity index (χ1v) is 41.0. The number of benzene rings is 20. The Kier molecular flexibility index (Phi) is 15.9. The number of fused-ring (bicyclic) bond motifs is 21. The first-order chi connectivity index (χ1) is 59.4. The maximum Gasteiger partial charge on any atom is 0.135 e. The second-order valence-corrected chi connectivity index (χ2v) is 31.4. The average Bonchev–Trinajstić information content (AvgIpc) is 1.58. The quantitative estimate of drug-likeness (QED) is 0.152. The lowest BCUT2D eigenvalue weighted by Gasteiger charge is -2.12. The van der Waals surface area contributed by atoms with Crippen LogP contribution in [0.25, 0.3) is 236 Å². The predicted molar refractivity (Wildman–Crippen MR) is 504 cm³/mol. The summed E-state index contributed by atoms with van der Waals surface area (Å²) in [6.07, 6.45) is 0. The molecule has 6 nitrogen and oxygen atoms in total. The molecule has 0 amide bonds. The average molecular weight is 1530 g/mol. The lowest BCUT2D eigenvalue weighted by Crippen LogP contribution is -1.94. The predicted octanol–water partition coefficient (Wildman–Crippen LogP) is 31.8. The van der Waals surface area contributed by atoms with Gasteiger partial charge in [0.2, 0.25) is 0 Å². The van der Waals surface area contributed by atoms with Crippen LogP contribution in [0, 0.1) is 0 Å². The summed E-state index contributed by atoms with van der Waals surface area (Å²) >= 11 is 0. The molecule has 0 aliphatic rings. The number of aromatic nitrogens is 3. The van der Waals surface area contributed by atoms with Crippen LogP contribution in [-0.4, -0.2) is 13.7 Å². The fraction of sp³-hybridized carbons (Fsp3) is 0. The summed E-state index contributed by atoms with van der Waals surface area (Å²) in [5.41, 5.74) is 28.3. The van der Waals surface area contributed by atoms with Crippen LogP contribution in [-0.2, 0) is 0 Å². The van der Waals surface area contributed by atoms with E-state index in [9.17, 15) is 0 Å². The minimum Gasteiger partial charge on any atom is -0.456 e. The van der Waals surface area contributed by atoms with E-state index in [0.29, 0.717) is 0 Å². The fourth-order valence-electron chi connectivity index (χ4n) is 18.8. The molecule has 0 saturated carbocycles. The molecule has 6 heterocycles. The van der Waals surface area contributed by atoms with Crippen LogP contribution < -0.4 is 0 Å². The number of rotatable bonds is 8. The van der Waals surface area contributed by atoms with Gasteiger partial charge in [0.1, 0.15) is 33.5 Å². The molecule has 26 rings (SSSR count).